The van der Waals surface area contributed by atoms with Gasteiger partial charge in [-0.25, -0.2) is 17.5 Å². The van der Waals surface area contributed by atoms with Crippen molar-refractivity contribution < 1.29 is 12.8 Å². The molecule has 1 aliphatic rings. The van der Waals surface area contributed by atoms with Crippen molar-refractivity contribution in [1.29, 1.82) is 0 Å². The van der Waals surface area contributed by atoms with Gasteiger partial charge in [0.05, 0.1) is 9.92 Å². The first-order valence-corrected chi connectivity index (χ1v) is 10.2. The molecule has 0 saturated heterocycles. The predicted molar refractivity (Wildman–Crippen MR) is 91.1 cm³/mol. The Morgan fingerprint density at radius 2 is 2.00 bits per heavy atom. The molecule has 0 unspecified atom stereocenters. The van der Waals surface area contributed by atoms with E-state index in [-0.39, 0.29) is 15.3 Å². The van der Waals surface area contributed by atoms with Crippen LogP contribution in [0.1, 0.15) is 30.6 Å². The Kier molecular flexibility index (Phi) is 4.78. The summed E-state index contributed by atoms with van der Waals surface area (Å²) in [5, 5.41) is 1.82. The molecule has 124 valence electrons. The van der Waals surface area contributed by atoms with Gasteiger partial charge in [0.25, 0.3) is 0 Å². The van der Waals surface area contributed by atoms with Gasteiger partial charge in [-0.05, 0) is 42.5 Å². The van der Waals surface area contributed by atoms with Crippen molar-refractivity contribution in [3.8, 4) is 0 Å². The second kappa shape index (κ2) is 6.51. The monoisotopic (exact) mass is 373 g/mol. The lowest BCUT2D eigenvalue weighted by Gasteiger charge is -2.28. The number of nitrogens with one attached hydrogen (secondary N) is 1. The summed E-state index contributed by atoms with van der Waals surface area (Å²) >= 11 is 7.35. The smallest absolute Gasteiger partial charge is 0.210 e. The van der Waals surface area contributed by atoms with Crippen molar-refractivity contribution in [2.45, 2.75) is 36.0 Å². The van der Waals surface area contributed by atoms with Crippen LogP contribution in [0.4, 0.5) is 4.39 Å². The van der Waals surface area contributed by atoms with E-state index in [9.17, 15) is 12.8 Å². The standard InChI is InChI=1S/C16H17ClFNO2S2/c17-13-10-12(5-6-14(13)18)23(20,21)19-11-16(7-1-2-8-16)15-4-3-9-22-15/h3-6,9-10,19H,1-2,7-8,11H2. The number of sulfonamides is 1. The third-order valence-electron chi connectivity index (χ3n) is 4.41. The molecule has 23 heavy (non-hydrogen) atoms. The molecule has 3 nitrogen and oxygen atoms in total. The van der Waals surface area contributed by atoms with E-state index in [1.54, 1.807) is 11.3 Å². The lowest BCUT2D eigenvalue weighted by atomic mass is 9.85. The van der Waals surface area contributed by atoms with Crippen molar-refractivity contribution in [3.63, 3.8) is 0 Å². The van der Waals surface area contributed by atoms with Crippen LogP contribution in [0.5, 0.6) is 0 Å². The van der Waals surface area contributed by atoms with Crippen molar-refractivity contribution >= 4 is 33.0 Å². The first-order chi connectivity index (χ1) is 10.9. The Balaban J connectivity index is 1.81. The van der Waals surface area contributed by atoms with Crippen LogP contribution in [0.25, 0.3) is 0 Å². The van der Waals surface area contributed by atoms with E-state index in [1.807, 2.05) is 11.4 Å². The minimum absolute atomic E-state index is 0.0109. The maximum Gasteiger partial charge on any atom is 0.240 e. The highest BCUT2D eigenvalue weighted by Gasteiger charge is 2.37. The average molecular weight is 374 g/mol. The molecule has 1 aromatic carbocycles. The van der Waals surface area contributed by atoms with Crippen LogP contribution >= 0.6 is 22.9 Å². The predicted octanol–water partition coefficient (Wildman–Crippen LogP) is 4.33. The molecule has 1 aromatic heterocycles. The van der Waals surface area contributed by atoms with Gasteiger partial charge in [0.1, 0.15) is 5.82 Å². The molecule has 2 aromatic rings. The number of rotatable bonds is 5. The summed E-state index contributed by atoms with van der Waals surface area (Å²) in [6.45, 7) is 0.352. The van der Waals surface area contributed by atoms with E-state index in [4.69, 9.17) is 11.6 Å². The van der Waals surface area contributed by atoms with Gasteiger partial charge in [-0.2, -0.15) is 0 Å². The Morgan fingerprint density at radius 3 is 2.61 bits per heavy atom. The second-order valence-electron chi connectivity index (χ2n) is 5.87. The van der Waals surface area contributed by atoms with Crippen molar-refractivity contribution in [2.24, 2.45) is 0 Å². The summed E-state index contributed by atoms with van der Waals surface area (Å²) in [6, 6.07) is 7.51. The molecular weight excluding hydrogens is 357 g/mol. The van der Waals surface area contributed by atoms with E-state index in [2.05, 4.69) is 10.8 Å². The molecule has 0 atom stereocenters. The second-order valence-corrected chi connectivity index (χ2v) is 8.99. The number of benzene rings is 1. The molecule has 3 rings (SSSR count). The van der Waals surface area contributed by atoms with Gasteiger partial charge < -0.3 is 0 Å². The van der Waals surface area contributed by atoms with Crippen LogP contribution in [0.3, 0.4) is 0 Å². The SMILES string of the molecule is O=S(=O)(NCC1(c2cccs2)CCCC1)c1ccc(F)c(Cl)c1. The largest absolute Gasteiger partial charge is 0.240 e. The van der Waals surface area contributed by atoms with E-state index >= 15 is 0 Å². The summed E-state index contributed by atoms with van der Waals surface area (Å²) < 4.78 is 40.9. The fourth-order valence-corrected chi connectivity index (χ4v) is 5.49. The summed E-state index contributed by atoms with van der Waals surface area (Å²) in [7, 11) is -3.71. The quantitative estimate of drug-likeness (QED) is 0.847. The van der Waals surface area contributed by atoms with Gasteiger partial charge in [0, 0.05) is 16.8 Å². The summed E-state index contributed by atoms with van der Waals surface area (Å²) in [4.78, 5) is 1.21. The minimum Gasteiger partial charge on any atom is -0.210 e. The average Bonchev–Trinajstić information content (AvgIpc) is 3.19. The van der Waals surface area contributed by atoms with Crippen molar-refractivity contribution in [3.05, 3.63) is 51.4 Å². The van der Waals surface area contributed by atoms with Gasteiger partial charge in [-0.1, -0.05) is 30.5 Å². The molecule has 1 saturated carbocycles. The Bertz CT molecular complexity index is 784. The topological polar surface area (TPSA) is 46.2 Å². The summed E-state index contributed by atoms with van der Waals surface area (Å²) in [6.07, 6.45) is 4.14. The van der Waals surface area contributed by atoms with E-state index in [1.165, 1.54) is 10.9 Å². The zero-order valence-corrected chi connectivity index (χ0v) is 14.8. The molecule has 1 aliphatic carbocycles. The van der Waals surface area contributed by atoms with Crippen LogP contribution in [0, 0.1) is 5.82 Å². The van der Waals surface area contributed by atoms with Crippen LogP contribution in [-0.4, -0.2) is 15.0 Å². The molecule has 0 amide bonds. The third-order valence-corrected chi connectivity index (χ3v) is 7.21. The minimum atomic E-state index is -3.71. The fourth-order valence-electron chi connectivity index (χ4n) is 3.10. The van der Waals surface area contributed by atoms with Crippen LogP contribution in [0.15, 0.2) is 40.6 Å². The van der Waals surface area contributed by atoms with Gasteiger partial charge in [0.15, 0.2) is 0 Å². The highest BCUT2D eigenvalue weighted by molar-refractivity contribution is 7.89. The molecule has 7 heteroatoms. The lowest BCUT2D eigenvalue weighted by molar-refractivity contribution is 0.440. The zero-order valence-electron chi connectivity index (χ0n) is 12.4. The molecule has 0 bridgehead atoms. The molecule has 0 spiro atoms. The van der Waals surface area contributed by atoms with Crippen LogP contribution in [-0.2, 0) is 15.4 Å². The lowest BCUT2D eigenvalue weighted by Crippen LogP contribution is -2.38. The van der Waals surface area contributed by atoms with E-state index < -0.39 is 15.8 Å². The number of hydrogen-bond donors (Lipinski definition) is 1. The summed E-state index contributed by atoms with van der Waals surface area (Å²) in [5.41, 5.74) is -0.134. The highest BCUT2D eigenvalue weighted by atomic mass is 35.5. The number of halogens is 2. The van der Waals surface area contributed by atoms with Crippen molar-refractivity contribution in [1.82, 2.24) is 4.72 Å². The first-order valence-electron chi connectivity index (χ1n) is 7.42. The van der Waals surface area contributed by atoms with Crippen LogP contribution in [0.2, 0.25) is 5.02 Å². The maximum absolute atomic E-state index is 13.2. The molecule has 0 radical (unpaired) electrons. The van der Waals surface area contributed by atoms with Crippen molar-refractivity contribution in [2.75, 3.05) is 6.54 Å². The highest BCUT2D eigenvalue weighted by Crippen LogP contribution is 2.42. The van der Waals surface area contributed by atoms with Gasteiger partial charge in [-0.15, -0.1) is 11.3 Å². The Morgan fingerprint density at radius 1 is 1.26 bits per heavy atom. The third kappa shape index (κ3) is 3.45. The van der Waals surface area contributed by atoms with E-state index in [0.717, 1.165) is 37.8 Å². The van der Waals surface area contributed by atoms with E-state index in [0.29, 0.717) is 6.54 Å². The first kappa shape index (κ1) is 16.9. The molecule has 1 heterocycles. The summed E-state index contributed by atoms with van der Waals surface area (Å²) in [5.74, 6) is -0.628. The van der Waals surface area contributed by atoms with Gasteiger partial charge >= 0.3 is 0 Å². The normalized spacial score (nSPS) is 17.5. The fraction of sp³-hybridized carbons (Fsp3) is 0.375. The number of thiophene rings is 1. The number of hydrogen-bond acceptors (Lipinski definition) is 3. The molecule has 1 fully saturated rings. The zero-order chi connectivity index (χ0) is 16.5. The molecular formula is C16H17ClFNO2S2. The Hall–Kier alpha value is -0.950. The van der Waals surface area contributed by atoms with Gasteiger partial charge in [0.2, 0.25) is 10.0 Å². The maximum atomic E-state index is 13.2. The molecule has 0 aliphatic heterocycles. The van der Waals surface area contributed by atoms with Gasteiger partial charge in [-0.3, -0.25) is 0 Å². The molecule has 1 N–H and O–H groups in total. The van der Waals surface area contributed by atoms with Crippen LogP contribution < -0.4 is 4.72 Å². The Labute approximate surface area is 144 Å².